The summed E-state index contributed by atoms with van der Waals surface area (Å²) in [6.45, 7) is 29.6. The Labute approximate surface area is 509 Å². The minimum atomic E-state index is -1.60. The standard InChI is InChI=1S/C62H113N11O12/c1-25-27-28-40(15)52(75)51-56(79)65-43(26-2)58(81)67(18)33-48(74)68(19)44(29-34(3)4)55(78)66-49(38(11)12)61(84)69(20)45(30-35(5)6)54(77)63-41(16)53(76)64-42(17)57(80)70(21)46(31-36(7)8)59(82)71(22)47(32-37(9)10)60(83)72(23)50(39(13)14)62(85)73(51)24/h25,27,34-47,49-52,59,75,82H,26,28-33H2,1-24H3,(H,63,77)(H,64,76)(H,65,79)(H,66,78)/b27-25+/t40-,41+,42-,43+,44+,45+,46+,47+,49+,50+,51+,52-,59?/m1/s1. The Kier molecular flexibility index (Phi) is 32.0. The normalized spacial score (nSPS) is 28.0. The number of allylic oxidation sites excluding steroid dienone is 2. The Morgan fingerprint density at radius 2 is 0.976 bits per heavy atom. The van der Waals surface area contributed by atoms with Crippen molar-refractivity contribution < 1.29 is 58.2 Å². The molecule has 0 aliphatic carbocycles. The van der Waals surface area contributed by atoms with Gasteiger partial charge in [0.2, 0.25) is 59.1 Å². The van der Waals surface area contributed by atoms with Crippen LogP contribution in [0.1, 0.15) is 156 Å². The lowest BCUT2D eigenvalue weighted by molar-refractivity contribution is -0.158. The van der Waals surface area contributed by atoms with Gasteiger partial charge >= 0.3 is 0 Å². The average Bonchev–Trinajstić information content (AvgIpc) is 3.62. The van der Waals surface area contributed by atoms with Crippen LogP contribution < -0.4 is 21.3 Å². The summed E-state index contributed by atoms with van der Waals surface area (Å²) in [7, 11) is 10.1. The van der Waals surface area contributed by atoms with Gasteiger partial charge in [0.15, 0.2) is 0 Å². The summed E-state index contributed by atoms with van der Waals surface area (Å²) in [4.78, 5) is 154. The molecule has 1 saturated heterocycles. The van der Waals surface area contributed by atoms with Crippen LogP contribution in [0.3, 0.4) is 0 Å². The molecule has 0 spiro atoms. The maximum atomic E-state index is 15.1. The third-order valence-electron chi connectivity index (χ3n) is 16.3. The van der Waals surface area contributed by atoms with Crippen molar-refractivity contribution in [2.24, 2.45) is 41.4 Å². The molecule has 0 aromatic heterocycles. The van der Waals surface area contributed by atoms with E-state index in [0.717, 1.165) is 9.80 Å². The second-order valence-corrected chi connectivity index (χ2v) is 26.3. The van der Waals surface area contributed by atoms with Crippen molar-refractivity contribution >= 4 is 59.1 Å². The van der Waals surface area contributed by atoms with Crippen LogP contribution in [-0.2, 0) is 47.9 Å². The number of rotatable bonds is 15. The zero-order valence-electron chi connectivity index (χ0n) is 56.2. The number of aliphatic hydroxyl groups excluding tert-OH is 2. The van der Waals surface area contributed by atoms with Crippen molar-refractivity contribution in [2.45, 2.75) is 229 Å². The topological polar surface area (TPSA) is 282 Å². The van der Waals surface area contributed by atoms with Crippen molar-refractivity contribution in [3.63, 3.8) is 0 Å². The van der Waals surface area contributed by atoms with E-state index in [9.17, 15) is 48.6 Å². The molecule has 23 nitrogen and oxygen atoms in total. The van der Waals surface area contributed by atoms with Gasteiger partial charge in [-0.25, -0.2) is 0 Å². The van der Waals surface area contributed by atoms with Crippen LogP contribution in [0.25, 0.3) is 0 Å². The fourth-order valence-corrected chi connectivity index (χ4v) is 10.9. The highest BCUT2D eigenvalue weighted by molar-refractivity contribution is 5.98. The van der Waals surface area contributed by atoms with Crippen LogP contribution in [0.4, 0.5) is 0 Å². The summed E-state index contributed by atoms with van der Waals surface area (Å²) in [5.74, 6) is -8.76. The summed E-state index contributed by atoms with van der Waals surface area (Å²) in [5.41, 5.74) is 0. The van der Waals surface area contributed by atoms with E-state index in [1.54, 1.807) is 61.6 Å². The predicted octanol–water partition coefficient (Wildman–Crippen LogP) is 3.06. The van der Waals surface area contributed by atoms with Gasteiger partial charge in [-0.1, -0.05) is 109 Å². The molecule has 1 unspecified atom stereocenters. The van der Waals surface area contributed by atoms with Crippen LogP contribution >= 0.6 is 0 Å². The molecule has 1 aliphatic heterocycles. The van der Waals surface area contributed by atoms with Gasteiger partial charge in [-0.2, -0.15) is 0 Å². The quantitative estimate of drug-likeness (QED) is 0.129. The Morgan fingerprint density at radius 3 is 1.45 bits per heavy atom. The van der Waals surface area contributed by atoms with Gasteiger partial charge < -0.3 is 60.9 Å². The number of aliphatic hydroxyl groups is 2. The first-order valence-corrected chi connectivity index (χ1v) is 30.7. The van der Waals surface area contributed by atoms with Crippen LogP contribution in [0, 0.1) is 41.4 Å². The fraction of sp³-hybridized carbons (Fsp3) is 0.806. The third kappa shape index (κ3) is 21.9. The second-order valence-electron chi connectivity index (χ2n) is 26.3. The largest absolute Gasteiger partial charge is 0.390 e. The number of likely N-dealkylation sites (N-methyl/N-ethyl adjacent to an activating group) is 7. The minimum Gasteiger partial charge on any atom is -0.390 e. The molecule has 1 heterocycles. The SMILES string of the molecule is C/C=C/C[C@@H](C)[C@@H](O)[C@H]1C(=O)N[C@@H](CC)C(=O)N(C)CC(=O)N(C)[C@@H](CC(C)C)C(=O)N[C@@H](C(C)C)C(=O)N(C)[C@@H](CC(C)C)C(=O)N[C@@H](C)C(=O)N[C@H](C)C(=O)N(C)[C@@H](CC(C)C)C(O)N(C)[C@@H](CC(C)C)C(=O)N(C)[C@@H](C(C)C)C(=O)N1C. The van der Waals surface area contributed by atoms with E-state index in [2.05, 4.69) is 21.3 Å². The lowest BCUT2D eigenvalue weighted by Crippen LogP contribution is -2.64. The van der Waals surface area contributed by atoms with Crippen molar-refractivity contribution in [3.8, 4) is 0 Å². The molecule has 13 atom stereocenters. The van der Waals surface area contributed by atoms with E-state index in [4.69, 9.17) is 0 Å². The summed E-state index contributed by atoms with van der Waals surface area (Å²) in [5, 5.41) is 35.5. The Morgan fingerprint density at radius 1 is 0.506 bits per heavy atom. The second kappa shape index (κ2) is 35.2. The first-order valence-electron chi connectivity index (χ1n) is 30.7. The molecule has 0 saturated carbocycles. The lowest BCUT2D eigenvalue weighted by Gasteiger charge is -2.43. The van der Waals surface area contributed by atoms with Gasteiger partial charge in [-0.05, 0) is 108 Å². The highest BCUT2D eigenvalue weighted by atomic mass is 16.3. The number of amides is 10. The highest BCUT2D eigenvalue weighted by Crippen LogP contribution is 2.27. The Balaban J connectivity index is 4.32. The molecule has 85 heavy (non-hydrogen) atoms. The summed E-state index contributed by atoms with van der Waals surface area (Å²) >= 11 is 0. The molecular formula is C62H113N11O12. The van der Waals surface area contributed by atoms with E-state index < -0.39 is 156 Å². The molecule has 0 bridgehead atoms. The summed E-state index contributed by atoms with van der Waals surface area (Å²) in [6, 6.07) is -11.9. The molecule has 6 N–H and O–H groups in total. The Bertz CT molecular complexity index is 2280. The number of hydrogen-bond acceptors (Lipinski definition) is 13. The lowest BCUT2D eigenvalue weighted by atomic mass is 9.91. The minimum absolute atomic E-state index is 0.0299. The molecule has 10 amide bonds. The monoisotopic (exact) mass is 1200 g/mol. The number of carbonyl (C=O) groups is 10. The van der Waals surface area contributed by atoms with Crippen LogP contribution in [0.5, 0.6) is 0 Å². The molecule has 1 aliphatic rings. The van der Waals surface area contributed by atoms with E-state index in [0.29, 0.717) is 6.42 Å². The predicted molar refractivity (Wildman–Crippen MR) is 329 cm³/mol. The first kappa shape index (κ1) is 77.3. The van der Waals surface area contributed by atoms with Crippen molar-refractivity contribution in [3.05, 3.63) is 12.2 Å². The molecule has 0 radical (unpaired) electrons. The molecule has 488 valence electrons. The van der Waals surface area contributed by atoms with Gasteiger partial charge in [-0.15, -0.1) is 0 Å². The van der Waals surface area contributed by atoms with Crippen LogP contribution in [0.15, 0.2) is 12.2 Å². The van der Waals surface area contributed by atoms with Crippen molar-refractivity contribution in [1.82, 2.24) is 55.6 Å². The van der Waals surface area contributed by atoms with E-state index in [1.165, 1.54) is 80.6 Å². The first-order chi connectivity index (χ1) is 39.2. The molecule has 0 aromatic carbocycles. The average molecular weight is 1200 g/mol. The van der Waals surface area contributed by atoms with Gasteiger partial charge in [-0.3, -0.25) is 52.8 Å². The smallest absolute Gasteiger partial charge is 0.246 e. The zero-order valence-corrected chi connectivity index (χ0v) is 56.2. The van der Waals surface area contributed by atoms with Gasteiger partial charge in [0.1, 0.15) is 54.6 Å². The van der Waals surface area contributed by atoms with Gasteiger partial charge in [0, 0.05) is 42.3 Å². The maximum Gasteiger partial charge on any atom is 0.246 e. The molecule has 1 rings (SSSR count). The number of nitrogens with zero attached hydrogens (tertiary/aromatic N) is 7. The summed E-state index contributed by atoms with van der Waals surface area (Å²) < 4.78 is 0. The molecule has 23 heteroatoms. The number of hydrogen-bond donors (Lipinski definition) is 6. The van der Waals surface area contributed by atoms with Crippen molar-refractivity contribution in [1.29, 1.82) is 0 Å². The van der Waals surface area contributed by atoms with E-state index in [1.807, 2.05) is 61.5 Å². The van der Waals surface area contributed by atoms with Crippen LogP contribution in [0.2, 0.25) is 0 Å². The van der Waals surface area contributed by atoms with E-state index in [-0.39, 0.29) is 55.8 Å². The molecule has 1 fully saturated rings. The number of carbonyl (C=O) groups excluding carboxylic acids is 10. The third-order valence-corrected chi connectivity index (χ3v) is 16.3. The van der Waals surface area contributed by atoms with E-state index >= 15 is 9.59 Å². The molecule has 0 aromatic rings. The Hall–Kier alpha value is -5.68. The summed E-state index contributed by atoms with van der Waals surface area (Å²) in [6.07, 6.45) is 1.79. The van der Waals surface area contributed by atoms with Gasteiger partial charge in [0.25, 0.3) is 0 Å². The maximum absolute atomic E-state index is 15.1. The van der Waals surface area contributed by atoms with Crippen molar-refractivity contribution in [2.75, 3.05) is 55.9 Å². The van der Waals surface area contributed by atoms with Gasteiger partial charge in [0.05, 0.1) is 24.7 Å². The molecular weight excluding hydrogens is 1090 g/mol. The number of nitrogens with one attached hydrogen (secondary N) is 4. The fourth-order valence-electron chi connectivity index (χ4n) is 10.9. The van der Waals surface area contributed by atoms with Crippen LogP contribution in [-0.4, -0.2) is 232 Å². The highest BCUT2D eigenvalue weighted by Gasteiger charge is 2.46. The zero-order chi connectivity index (χ0) is 66.0.